The fourth-order valence-corrected chi connectivity index (χ4v) is 2.65. The maximum Gasteiger partial charge on any atom is 0.335 e. The van der Waals surface area contributed by atoms with Gasteiger partial charge in [-0.3, -0.25) is 4.79 Å². The van der Waals surface area contributed by atoms with Gasteiger partial charge in [-0.05, 0) is 41.8 Å². The minimum atomic E-state index is -0.958. The number of benzene rings is 2. The average Bonchev–Trinajstić information content (AvgIpc) is 2.67. The van der Waals surface area contributed by atoms with E-state index in [0.29, 0.717) is 30.2 Å². The molecule has 0 heterocycles. The van der Waals surface area contributed by atoms with E-state index in [0.717, 1.165) is 11.1 Å². The standard InChI is InChI=1S/C20H23NO6/c1-25-16-10-14(11-17(26-2)19(16)27-3)12-18(22)21-9-8-13-4-6-15(7-5-13)20(23)24/h4-7,10-11H,8-9,12H2,1-3H3,(H,21,22)(H,23,24). The lowest BCUT2D eigenvalue weighted by molar-refractivity contribution is -0.120. The third-order valence-electron chi connectivity index (χ3n) is 4.03. The van der Waals surface area contributed by atoms with E-state index in [2.05, 4.69) is 5.32 Å². The summed E-state index contributed by atoms with van der Waals surface area (Å²) in [7, 11) is 4.57. The van der Waals surface area contributed by atoms with Crippen LogP contribution >= 0.6 is 0 Å². The molecule has 0 aliphatic rings. The van der Waals surface area contributed by atoms with Gasteiger partial charge in [0, 0.05) is 6.54 Å². The highest BCUT2D eigenvalue weighted by atomic mass is 16.5. The number of amides is 1. The van der Waals surface area contributed by atoms with Crippen molar-refractivity contribution in [3.63, 3.8) is 0 Å². The third-order valence-corrected chi connectivity index (χ3v) is 4.03. The van der Waals surface area contributed by atoms with Gasteiger partial charge in [-0.25, -0.2) is 4.79 Å². The fraction of sp³-hybridized carbons (Fsp3) is 0.300. The normalized spacial score (nSPS) is 10.2. The Labute approximate surface area is 157 Å². The van der Waals surface area contributed by atoms with Gasteiger partial charge >= 0.3 is 5.97 Å². The molecule has 2 N–H and O–H groups in total. The first-order valence-corrected chi connectivity index (χ1v) is 8.36. The summed E-state index contributed by atoms with van der Waals surface area (Å²) in [5, 5.41) is 11.7. The van der Waals surface area contributed by atoms with Gasteiger partial charge in [0.05, 0.1) is 33.3 Å². The number of carbonyl (C=O) groups is 2. The molecule has 0 aliphatic carbocycles. The van der Waals surface area contributed by atoms with Crippen LogP contribution in [0, 0.1) is 0 Å². The number of hydrogen-bond acceptors (Lipinski definition) is 5. The number of carboxylic acid groups (broad SMARTS) is 1. The van der Waals surface area contributed by atoms with Crippen molar-refractivity contribution in [1.29, 1.82) is 0 Å². The zero-order chi connectivity index (χ0) is 19.8. The number of methoxy groups -OCH3 is 3. The smallest absolute Gasteiger partial charge is 0.335 e. The van der Waals surface area contributed by atoms with Crippen LogP contribution < -0.4 is 19.5 Å². The zero-order valence-corrected chi connectivity index (χ0v) is 15.6. The molecule has 0 radical (unpaired) electrons. The lowest BCUT2D eigenvalue weighted by Gasteiger charge is -2.14. The molecule has 0 fully saturated rings. The molecule has 144 valence electrons. The Kier molecular flexibility index (Phi) is 7.05. The van der Waals surface area contributed by atoms with E-state index in [-0.39, 0.29) is 17.9 Å². The second kappa shape index (κ2) is 9.47. The maximum atomic E-state index is 12.2. The van der Waals surface area contributed by atoms with Crippen LogP contribution in [0.3, 0.4) is 0 Å². The number of hydrogen-bond donors (Lipinski definition) is 2. The van der Waals surface area contributed by atoms with Crippen LogP contribution in [0.2, 0.25) is 0 Å². The van der Waals surface area contributed by atoms with E-state index in [1.165, 1.54) is 21.3 Å². The average molecular weight is 373 g/mol. The number of rotatable bonds is 9. The SMILES string of the molecule is COc1cc(CC(=O)NCCc2ccc(C(=O)O)cc2)cc(OC)c1OC. The first-order valence-electron chi connectivity index (χ1n) is 8.36. The molecule has 7 heteroatoms. The molecule has 0 bridgehead atoms. The molecule has 1 amide bonds. The molecular weight excluding hydrogens is 350 g/mol. The minimum Gasteiger partial charge on any atom is -0.493 e. The molecular formula is C20H23NO6. The van der Waals surface area contributed by atoms with E-state index in [9.17, 15) is 9.59 Å². The van der Waals surface area contributed by atoms with Gasteiger partial charge in [0.15, 0.2) is 11.5 Å². The quantitative estimate of drug-likeness (QED) is 0.701. The summed E-state index contributed by atoms with van der Waals surface area (Å²) in [6.45, 7) is 0.454. The lowest BCUT2D eigenvalue weighted by Crippen LogP contribution is -2.27. The first-order chi connectivity index (χ1) is 13.0. The van der Waals surface area contributed by atoms with Crippen molar-refractivity contribution in [3.8, 4) is 17.2 Å². The summed E-state index contributed by atoms with van der Waals surface area (Å²) in [5.41, 5.74) is 1.94. The Morgan fingerprint density at radius 2 is 1.52 bits per heavy atom. The van der Waals surface area contributed by atoms with Crippen molar-refractivity contribution in [2.24, 2.45) is 0 Å². The molecule has 0 unspecified atom stereocenters. The van der Waals surface area contributed by atoms with Crippen LogP contribution in [0.25, 0.3) is 0 Å². The summed E-state index contributed by atoms with van der Waals surface area (Å²) < 4.78 is 15.8. The van der Waals surface area contributed by atoms with E-state index in [1.54, 1.807) is 36.4 Å². The van der Waals surface area contributed by atoms with Gasteiger partial charge in [-0.15, -0.1) is 0 Å². The summed E-state index contributed by atoms with van der Waals surface area (Å²) in [6, 6.07) is 10.1. The van der Waals surface area contributed by atoms with E-state index >= 15 is 0 Å². The van der Waals surface area contributed by atoms with Crippen molar-refractivity contribution >= 4 is 11.9 Å². The second-order valence-electron chi connectivity index (χ2n) is 5.81. The molecule has 2 aromatic carbocycles. The Bertz CT molecular complexity index is 776. The van der Waals surface area contributed by atoms with Crippen molar-refractivity contribution in [2.45, 2.75) is 12.8 Å². The second-order valence-corrected chi connectivity index (χ2v) is 5.81. The van der Waals surface area contributed by atoms with Crippen molar-refractivity contribution in [2.75, 3.05) is 27.9 Å². The summed E-state index contributed by atoms with van der Waals surface area (Å²) in [5.74, 6) is 0.386. The van der Waals surface area contributed by atoms with E-state index < -0.39 is 5.97 Å². The number of nitrogens with one attached hydrogen (secondary N) is 1. The number of aromatic carboxylic acids is 1. The highest BCUT2D eigenvalue weighted by molar-refractivity contribution is 5.87. The lowest BCUT2D eigenvalue weighted by atomic mass is 10.1. The summed E-state index contributed by atoms with van der Waals surface area (Å²) >= 11 is 0. The molecule has 0 atom stereocenters. The van der Waals surface area contributed by atoms with Gasteiger partial charge in [-0.1, -0.05) is 12.1 Å². The first kappa shape index (κ1) is 20.1. The van der Waals surface area contributed by atoms with Gasteiger partial charge in [0.25, 0.3) is 0 Å². The van der Waals surface area contributed by atoms with Gasteiger partial charge < -0.3 is 24.6 Å². The third kappa shape index (κ3) is 5.37. The molecule has 27 heavy (non-hydrogen) atoms. The summed E-state index contributed by atoms with van der Waals surface area (Å²) in [6.07, 6.45) is 0.787. The van der Waals surface area contributed by atoms with Gasteiger partial charge in [0.1, 0.15) is 0 Å². The monoisotopic (exact) mass is 373 g/mol. The summed E-state index contributed by atoms with van der Waals surface area (Å²) in [4.78, 5) is 23.0. The minimum absolute atomic E-state index is 0.133. The molecule has 2 rings (SSSR count). The van der Waals surface area contributed by atoms with E-state index in [1.807, 2.05) is 0 Å². The molecule has 0 saturated carbocycles. The molecule has 0 spiro atoms. The molecule has 0 saturated heterocycles. The van der Waals surface area contributed by atoms with Crippen molar-refractivity contribution in [3.05, 3.63) is 53.1 Å². The van der Waals surface area contributed by atoms with Crippen molar-refractivity contribution in [1.82, 2.24) is 5.32 Å². The number of carboxylic acids is 1. The highest BCUT2D eigenvalue weighted by Gasteiger charge is 2.14. The Balaban J connectivity index is 1.92. The Morgan fingerprint density at radius 1 is 0.926 bits per heavy atom. The number of carbonyl (C=O) groups excluding carboxylic acids is 1. The topological polar surface area (TPSA) is 94.1 Å². The molecule has 0 aliphatic heterocycles. The molecule has 2 aromatic rings. The number of ether oxygens (including phenoxy) is 3. The van der Waals surface area contributed by atoms with Gasteiger partial charge in [0.2, 0.25) is 11.7 Å². The van der Waals surface area contributed by atoms with Crippen LogP contribution in [0.1, 0.15) is 21.5 Å². The molecule has 0 aromatic heterocycles. The van der Waals surface area contributed by atoms with Crippen LogP contribution in [-0.2, 0) is 17.6 Å². The zero-order valence-electron chi connectivity index (χ0n) is 15.6. The van der Waals surface area contributed by atoms with Gasteiger partial charge in [-0.2, -0.15) is 0 Å². The van der Waals surface area contributed by atoms with Crippen LogP contribution in [-0.4, -0.2) is 44.9 Å². The predicted octanol–water partition coefficient (Wildman–Crippen LogP) is 2.31. The van der Waals surface area contributed by atoms with Crippen LogP contribution in [0.15, 0.2) is 36.4 Å². The fourth-order valence-electron chi connectivity index (χ4n) is 2.65. The maximum absolute atomic E-state index is 12.2. The largest absolute Gasteiger partial charge is 0.493 e. The van der Waals surface area contributed by atoms with Crippen LogP contribution in [0.4, 0.5) is 0 Å². The van der Waals surface area contributed by atoms with E-state index in [4.69, 9.17) is 19.3 Å². The highest BCUT2D eigenvalue weighted by Crippen LogP contribution is 2.38. The molecule has 7 nitrogen and oxygen atoms in total. The van der Waals surface area contributed by atoms with Crippen molar-refractivity contribution < 1.29 is 28.9 Å². The Morgan fingerprint density at radius 3 is 2.00 bits per heavy atom. The Hall–Kier alpha value is -3.22. The predicted molar refractivity (Wildman–Crippen MR) is 99.9 cm³/mol. The van der Waals surface area contributed by atoms with Crippen LogP contribution in [0.5, 0.6) is 17.2 Å².